The van der Waals surface area contributed by atoms with Crippen LogP contribution < -0.4 is 16.0 Å². The molecule has 1 aliphatic heterocycles. The predicted molar refractivity (Wildman–Crippen MR) is 98.9 cm³/mol. The van der Waals surface area contributed by atoms with E-state index >= 15 is 0 Å². The van der Waals surface area contributed by atoms with Crippen molar-refractivity contribution in [2.24, 2.45) is 5.73 Å². The minimum atomic E-state index is -0.544. The number of piperazine rings is 1. The van der Waals surface area contributed by atoms with Crippen LogP contribution >= 0.6 is 0 Å². The topological polar surface area (TPSA) is 104 Å². The summed E-state index contributed by atoms with van der Waals surface area (Å²) >= 11 is 0. The van der Waals surface area contributed by atoms with Crippen molar-refractivity contribution in [3.63, 3.8) is 0 Å². The third-order valence-corrected chi connectivity index (χ3v) is 4.35. The van der Waals surface area contributed by atoms with Gasteiger partial charge in [-0.1, -0.05) is 6.07 Å². The molecule has 0 spiro atoms. The van der Waals surface area contributed by atoms with Gasteiger partial charge in [-0.2, -0.15) is 0 Å². The van der Waals surface area contributed by atoms with Gasteiger partial charge in [0, 0.05) is 57.7 Å². The zero-order valence-electron chi connectivity index (χ0n) is 14.5. The molecule has 3 N–H and O–H groups in total. The van der Waals surface area contributed by atoms with Gasteiger partial charge in [-0.25, -0.2) is 4.98 Å². The van der Waals surface area contributed by atoms with Crippen LogP contribution in [0.3, 0.4) is 0 Å². The van der Waals surface area contributed by atoms with Crippen molar-refractivity contribution >= 4 is 23.3 Å². The van der Waals surface area contributed by atoms with E-state index < -0.39 is 5.91 Å². The molecule has 0 aliphatic carbocycles. The Labute approximate surface area is 152 Å². The first-order valence-electron chi connectivity index (χ1n) is 8.56. The van der Waals surface area contributed by atoms with Crippen LogP contribution in [0.25, 0.3) is 0 Å². The molecule has 0 bridgehead atoms. The highest BCUT2D eigenvalue weighted by molar-refractivity contribution is 5.98. The third kappa shape index (κ3) is 4.27. The molecule has 26 heavy (non-hydrogen) atoms. The predicted octanol–water partition coefficient (Wildman–Crippen LogP) is 0.726. The number of carbonyl (C=O) groups excluding carboxylic acids is 2. The second-order valence-corrected chi connectivity index (χ2v) is 6.02. The summed E-state index contributed by atoms with van der Waals surface area (Å²) in [4.78, 5) is 36.0. The third-order valence-electron chi connectivity index (χ3n) is 4.35. The lowest BCUT2D eigenvalue weighted by Gasteiger charge is -2.35. The first-order chi connectivity index (χ1) is 12.6. The van der Waals surface area contributed by atoms with Crippen LogP contribution in [0.15, 0.2) is 42.9 Å². The van der Waals surface area contributed by atoms with Crippen molar-refractivity contribution in [1.29, 1.82) is 0 Å². The molecule has 3 rings (SSSR count). The van der Waals surface area contributed by atoms with Gasteiger partial charge in [0.05, 0.1) is 11.3 Å². The monoisotopic (exact) mass is 354 g/mol. The number of nitrogens with one attached hydrogen (secondary N) is 1. The lowest BCUT2D eigenvalue weighted by molar-refractivity contribution is -0.131. The standard InChI is InChI=1S/C18H22N6O2/c19-18(26)14-13-20-7-4-15(14)21-8-5-17(25)24-11-9-23(10-12-24)16-3-1-2-6-22-16/h1-4,6-7,13H,5,8-12H2,(H2,19,26)(H,20,21). The molecular formula is C18H22N6O2. The molecule has 0 unspecified atom stereocenters. The number of nitrogens with zero attached hydrogens (tertiary/aromatic N) is 4. The van der Waals surface area contributed by atoms with Crippen molar-refractivity contribution in [1.82, 2.24) is 14.9 Å². The lowest BCUT2D eigenvalue weighted by Crippen LogP contribution is -2.49. The highest BCUT2D eigenvalue weighted by Gasteiger charge is 2.21. The zero-order chi connectivity index (χ0) is 18.4. The van der Waals surface area contributed by atoms with Crippen LogP contribution in [0.2, 0.25) is 0 Å². The molecule has 2 aromatic rings. The van der Waals surface area contributed by atoms with Gasteiger partial charge >= 0.3 is 0 Å². The summed E-state index contributed by atoms with van der Waals surface area (Å²) in [6.07, 6.45) is 5.12. The number of nitrogens with two attached hydrogens (primary N) is 1. The van der Waals surface area contributed by atoms with Crippen LogP contribution in [0.1, 0.15) is 16.8 Å². The van der Waals surface area contributed by atoms with Crippen molar-refractivity contribution < 1.29 is 9.59 Å². The Morgan fingerprint density at radius 2 is 1.92 bits per heavy atom. The minimum absolute atomic E-state index is 0.0906. The van der Waals surface area contributed by atoms with Crippen LogP contribution in [-0.4, -0.2) is 59.4 Å². The summed E-state index contributed by atoms with van der Waals surface area (Å²) in [6.45, 7) is 3.33. The fraction of sp³-hybridized carbons (Fsp3) is 0.333. The second-order valence-electron chi connectivity index (χ2n) is 6.02. The quantitative estimate of drug-likeness (QED) is 0.792. The van der Waals surface area contributed by atoms with Crippen molar-refractivity contribution in [2.75, 3.05) is 42.9 Å². The number of rotatable bonds is 6. The van der Waals surface area contributed by atoms with E-state index in [0.717, 1.165) is 18.9 Å². The maximum atomic E-state index is 12.4. The number of hydrogen-bond acceptors (Lipinski definition) is 6. The van der Waals surface area contributed by atoms with Crippen LogP contribution in [0, 0.1) is 0 Å². The molecule has 3 heterocycles. The van der Waals surface area contributed by atoms with E-state index in [1.54, 1.807) is 18.5 Å². The number of amides is 2. The largest absolute Gasteiger partial charge is 0.384 e. The van der Waals surface area contributed by atoms with Crippen LogP contribution in [0.5, 0.6) is 0 Å². The van der Waals surface area contributed by atoms with Gasteiger partial charge in [-0.15, -0.1) is 0 Å². The zero-order valence-corrected chi connectivity index (χ0v) is 14.5. The number of pyridine rings is 2. The van der Waals surface area contributed by atoms with Crippen molar-refractivity contribution in [3.8, 4) is 0 Å². The Kier molecular flexibility index (Phi) is 5.62. The number of carbonyl (C=O) groups is 2. The van der Waals surface area contributed by atoms with E-state index in [0.29, 0.717) is 37.3 Å². The molecule has 0 aromatic carbocycles. The number of hydrogen-bond donors (Lipinski definition) is 2. The maximum Gasteiger partial charge on any atom is 0.252 e. The first-order valence-corrected chi connectivity index (χ1v) is 8.56. The molecule has 0 saturated carbocycles. The Morgan fingerprint density at radius 1 is 1.12 bits per heavy atom. The molecular weight excluding hydrogens is 332 g/mol. The summed E-state index contributed by atoms with van der Waals surface area (Å²) in [6, 6.07) is 7.51. The van der Waals surface area contributed by atoms with Gasteiger partial charge in [0.25, 0.3) is 5.91 Å². The molecule has 1 saturated heterocycles. The summed E-state index contributed by atoms with van der Waals surface area (Å²) in [5.41, 5.74) is 6.24. The molecule has 1 aliphatic rings. The molecule has 8 nitrogen and oxygen atoms in total. The summed E-state index contributed by atoms with van der Waals surface area (Å²) < 4.78 is 0. The van der Waals surface area contributed by atoms with E-state index in [9.17, 15) is 9.59 Å². The molecule has 2 aromatic heterocycles. The van der Waals surface area contributed by atoms with E-state index in [2.05, 4.69) is 20.2 Å². The molecule has 1 fully saturated rings. The normalized spacial score (nSPS) is 14.2. The van der Waals surface area contributed by atoms with Gasteiger partial charge in [0.15, 0.2) is 0 Å². The van der Waals surface area contributed by atoms with Crippen LogP contribution in [-0.2, 0) is 4.79 Å². The van der Waals surface area contributed by atoms with Gasteiger partial charge < -0.3 is 20.9 Å². The molecule has 136 valence electrons. The van der Waals surface area contributed by atoms with Gasteiger partial charge in [-0.05, 0) is 18.2 Å². The summed E-state index contributed by atoms with van der Waals surface area (Å²) in [7, 11) is 0. The minimum Gasteiger partial charge on any atom is -0.384 e. The maximum absolute atomic E-state index is 12.4. The molecule has 0 atom stereocenters. The fourth-order valence-corrected chi connectivity index (χ4v) is 2.93. The Balaban J connectivity index is 1.46. The second kappa shape index (κ2) is 8.28. The fourth-order valence-electron chi connectivity index (χ4n) is 2.93. The lowest BCUT2D eigenvalue weighted by atomic mass is 10.2. The summed E-state index contributed by atoms with van der Waals surface area (Å²) in [5, 5.41) is 3.09. The van der Waals surface area contributed by atoms with E-state index in [1.165, 1.54) is 6.20 Å². The Bertz CT molecular complexity index is 759. The Morgan fingerprint density at radius 3 is 2.62 bits per heavy atom. The van der Waals surface area contributed by atoms with Crippen LogP contribution in [0.4, 0.5) is 11.5 Å². The first kappa shape index (κ1) is 17.7. The van der Waals surface area contributed by atoms with Crippen molar-refractivity contribution in [3.05, 3.63) is 48.4 Å². The highest BCUT2D eigenvalue weighted by Crippen LogP contribution is 2.14. The van der Waals surface area contributed by atoms with E-state index in [-0.39, 0.29) is 5.91 Å². The number of primary amides is 1. The number of anilines is 2. The van der Waals surface area contributed by atoms with Gasteiger partial charge in [0.2, 0.25) is 5.91 Å². The van der Waals surface area contributed by atoms with Gasteiger partial charge in [0.1, 0.15) is 5.82 Å². The molecule has 8 heteroatoms. The smallest absolute Gasteiger partial charge is 0.252 e. The average Bonchev–Trinajstić information content (AvgIpc) is 2.69. The number of aromatic nitrogens is 2. The Hall–Kier alpha value is -3.16. The van der Waals surface area contributed by atoms with E-state index in [4.69, 9.17) is 5.73 Å². The van der Waals surface area contributed by atoms with E-state index in [1.807, 2.05) is 23.1 Å². The van der Waals surface area contributed by atoms with Gasteiger partial charge in [-0.3, -0.25) is 14.6 Å². The SMILES string of the molecule is NC(=O)c1cnccc1NCCC(=O)N1CCN(c2ccccn2)CC1. The molecule has 2 amide bonds. The van der Waals surface area contributed by atoms with Crippen molar-refractivity contribution in [2.45, 2.75) is 6.42 Å². The average molecular weight is 354 g/mol. The summed E-state index contributed by atoms with van der Waals surface area (Å²) in [5.74, 6) is 0.489. The molecule has 0 radical (unpaired) electrons. The highest BCUT2D eigenvalue weighted by atomic mass is 16.2.